The van der Waals surface area contributed by atoms with Gasteiger partial charge in [-0.25, -0.2) is 0 Å². The Balaban J connectivity index is 2.55. The Morgan fingerprint density at radius 2 is 1.75 bits per heavy atom. The lowest BCUT2D eigenvalue weighted by atomic mass is 9.98. The first-order valence-electron chi connectivity index (χ1n) is 6.34. The van der Waals surface area contributed by atoms with Gasteiger partial charge in [-0.1, -0.05) is 50.1 Å². The lowest BCUT2D eigenvalue weighted by molar-refractivity contribution is 0.677. The molecule has 0 aliphatic rings. The molecular formula is C16H17Br2NS. The Morgan fingerprint density at radius 3 is 2.40 bits per heavy atom. The standard InChI is InChI=1S/C16H17Br2NS/c1-10-8-14(18)12(9-13(10)17)16(19-2)11-6-4-5-7-15(11)20-3/h4-9,16,19H,1-3H3. The van der Waals surface area contributed by atoms with Gasteiger partial charge < -0.3 is 5.32 Å². The second-order valence-electron chi connectivity index (χ2n) is 4.59. The quantitative estimate of drug-likeness (QED) is 0.658. The molecule has 106 valence electrons. The van der Waals surface area contributed by atoms with Gasteiger partial charge in [-0.2, -0.15) is 0 Å². The van der Waals surface area contributed by atoms with Crippen LogP contribution in [0.25, 0.3) is 0 Å². The molecule has 1 nitrogen and oxygen atoms in total. The molecule has 0 fully saturated rings. The highest BCUT2D eigenvalue weighted by molar-refractivity contribution is 9.11. The molecule has 2 rings (SSSR count). The summed E-state index contributed by atoms with van der Waals surface area (Å²) in [6.07, 6.45) is 2.12. The molecule has 0 bridgehead atoms. The van der Waals surface area contributed by atoms with Gasteiger partial charge in [-0.3, -0.25) is 0 Å². The molecule has 20 heavy (non-hydrogen) atoms. The minimum atomic E-state index is 0.171. The molecule has 0 aromatic heterocycles. The average Bonchev–Trinajstić information content (AvgIpc) is 2.45. The molecule has 0 spiro atoms. The molecule has 1 atom stereocenters. The van der Waals surface area contributed by atoms with Gasteiger partial charge in [0.2, 0.25) is 0 Å². The number of aryl methyl sites for hydroxylation is 1. The van der Waals surface area contributed by atoms with Crippen molar-refractivity contribution in [2.24, 2.45) is 0 Å². The summed E-state index contributed by atoms with van der Waals surface area (Å²) in [5.41, 5.74) is 3.78. The monoisotopic (exact) mass is 413 g/mol. The fraction of sp³-hybridized carbons (Fsp3) is 0.250. The summed E-state index contributed by atoms with van der Waals surface area (Å²) in [5.74, 6) is 0. The number of rotatable bonds is 4. The number of benzene rings is 2. The third-order valence-corrected chi connectivity index (χ3v) is 5.68. The van der Waals surface area contributed by atoms with Gasteiger partial charge >= 0.3 is 0 Å². The van der Waals surface area contributed by atoms with Crippen LogP contribution in [0.15, 0.2) is 50.2 Å². The second-order valence-corrected chi connectivity index (χ2v) is 7.14. The number of halogens is 2. The van der Waals surface area contributed by atoms with Crippen molar-refractivity contribution >= 4 is 43.6 Å². The van der Waals surface area contributed by atoms with Crippen molar-refractivity contribution in [3.63, 3.8) is 0 Å². The van der Waals surface area contributed by atoms with Gasteiger partial charge in [0.15, 0.2) is 0 Å². The van der Waals surface area contributed by atoms with Crippen LogP contribution in [0.1, 0.15) is 22.7 Å². The van der Waals surface area contributed by atoms with Crippen molar-refractivity contribution in [3.05, 3.63) is 62.0 Å². The molecule has 0 aliphatic carbocycles. The molecule has 1 unspecified atom stereocenters. The van der Waals surface area contributed by atoms with Crippen LogP contribution in [-0.4, -0.2) is 13.3 Å². The fourth-order valence-electron chi connectivity index (χ4n) is 2.27. The number of hydrogen-bond donors (Lipinski definition) is 1. The van der Waals surface area contributed by atoms with E-state index in [1.165, 1.54) is 21.6 Å². The highest BCUT2D eigenvalue weighted by Gasteiger charge is 2.18. The van der Waals surface area contributed by atoms with Crippen molar-refractivity contribution in [2.75, 3.05) is 13.3 Å². The molecular weight excluding hydrogens is 398 g/mol. The summed E-state index contributed by atoms with van der Waals surface area (Å²) in [6.45, 7) is 2.10. The van der Waals surface area contributed by atoms with Crippen LogP contribution >= 0.6 is 43.6 Å². The highest BCUT2D eigenvalue weighted by Crippen LogP contribution is 2.36. The molecule has 2 aromatic carbocycles. The van der Waals surface area contributed by atoms with E-state index in [0.717, 1.165) is 8.95 Å². The van der Waals surface area contributed by atoms with Crippen LogP contribution in [0.3, 0.4) is 0 Å². The Hall–Kier alpha value is -0.290. The first kappa shape index (κ1) is 16.1. The van der Waals surface area contributed by atoms with E-state index < -0.39 is 0 Å². The molecule has 0 amide bonds. The van der Waals surface area contributed by atoms with E-state index in [1.54, 1.807) is 11.8 Å². The first-order chi connectivity index (χ1) is 9.58. The molecule has 2 aromatic rings. The maximum absolute atomic E-state index is 3.70. The highest BCUT2D eigenvalue weighted by atomic mass is 79.9. The molecule has 4 heteroatoms. The van der Waals surface area contributed by atoms with Crippen molar-refractivity contribution in [1.82, 2.24) is 5.32 Å². The van der Waals surface area contributed by atoms with Crippen LogP contribution in [0, 0.1) is 6.92 Å². The van der Waals surface area contributed by atoms with Crippen molar-refractivity contribution in [3.8, 4) is 0 Å². The summed E-state index contributed by atoms with van der Waals surface area (Å²) in [5, 5.41) is 3.43. The minimum absolute atomic E-state index is 0.171. The maximum atomic E-state index is 3.70. The van der Waals surface area contributed by atoms with Gasteiger partial charge in [-0.15, -0.1) is 11.8 Å². The normalized spacial score (nSPS) is 12.4. The summed E-state index contributed by atoms with van der Waals surface area (Å²) >= 11 is 9.11. The SMILES string of the molecule is CNC(c1cc(Br)c(C)cc1Br)c1ccccc1SC. The van der Waals surface area contributed by atoms with Gasteiger partial charge in [0, 0.05) is 13.8 Å². The Morgan fingerprint density at radius 1 is 1.05 bits per heavy atom. The van der Waals surface area contributed by atoms with E-state index in [0.29, 0.717) is 0 Å². The van der Waals surface area contributed by atoms with Crippen LogP contribution in [0.5, 0.6) is 0 Å². The topological polar surface area (TPSA) is 12.0 Å². The average molecular weight is 415 g/mol. The van der Waals surface area contributed by atoms with Gasteiger partial charge in [0.1, 0.15) is 0 Å². The Kier molecular flexibility index (Phi) is 5.73. The molecule has 0 saturated heterocycles. The molecule has 0 aliphatic heterocycles. The lowest BCUT2D eigenvalue weighted by Gasteiger charge is -2.22. The molecule has 0 heterocycles. The largest absolute Gasteiger partial charge is 0.309 e. The lowest BCUT2D eigenvalue weighted by Crippen LogP contribution is -2.19. The van der Waals surface area contributed by atoms with E-state index in [4.69, 9.17) is 0 Å². The van der Waals surface area contributed by atoms with Crippen LogP contribution in [-0.2, 0) is 0 Å². The minimum Gasteiger partial charge on any atom is -0.309 e. The Labute approximate surface area is 141 Å². The Bertz CT molecular complexity index is 613. The van der Waals surface area contributed by atoms with E-state index in [-0.39, 0.29) is 6.04 Å². The summed E-state index contributed by atoms with van der Waals surface area (Å²) in [6, 6.07) is 13.1. The predicted molar refractivity (Wildman–Crippen MR) is 95.7 cm³/mol. The number of hydrogen-bond acceptors (Lipinski definition) is 2. The third-order valence-electron chi connectivity index (χ3n) is 3.33. The van der Waals surface area contributed by atoms with Gasteiger partial charge in [0.05, 0.1) is 6.04 Å². The van der Waals surface area contributed by atoms with Gasteiger partial charge in [0.25, 0.3) is 0 Å². The summed E-state index contributed by atoms with van der Waals surface area (Å²) < 4.78 is 2.27. The van der Waals surface area contributed by atoms with Crippen molar-refractivity contribution in [1.29, 1.82) is 0 Å². The van der Waals surface area contributed by atoms with Crippen LogP contribution < -0.4 is 5.32 Å². The zero-order chi connectivity index (χ0) is 14.7. The van der Waals surface area contributed by atoms with Gasteiger partial charge in [-0.05, 0) is 55.1 Å². The number of nitrogens with one attached hydrogen (secondary N) is 1. The van der Waals surface area contributed by atoms with Crippen LogP contribution in [0.4, 0.5) is 0 Å². The van der Waals surface area contributed by atoms with E-state index in [9.17, 15) is 0 Å². The molecule has 1 N–H and O–H groups in total. The van der Waals surface area contributed by atoms with Crippen LogP contribution in [0.2, 0.25) is 0 Å². The summed E-state index contributed by atoms with van der Waals surface area (Å²) in [7, 11) is 2.00. The van der Waals surface area contributed by atoms with E-state index in [2.05, 4.69) is 86.8 Å². The van der Waals surface area contributed by atoms with E-state index in [1.807, 2.05) is 7.05 Å². The number of thioether (sulfide) groups is 1. The fourth-order valence-corrected chi connectivity index (χ4v) is 3.95. The third kappa shape index (κ3) is 3.30. The molecule has 0 radical (unpaired) electrons. The van der Waals surface area contributed by atoms with E-state index >= 15 is 0 Å². The zero-order valence-corrected chi connectivity index (χ0v) is 15.7. The molecule has 0 saturated carbocycles. The maximum Gasteiger partial charge on any atom is 0.0596 e. The van der Waals surface area contributed by atoms with Crippen molar-refractivity contribution in [2.45, 2.75) is 17.9 Å². The first-order valence-corrected chi connectivity index (χ1v) is 9.15. The smallest absolute Gasteiger partial charge is 0.0596 e. The predicted octanol–water partition coefficient (Wildman–Crippen LogP) is 5.55. The van der Waals surface area contributed by atoms with Crippen molar-refractivity contribution < 1.29 is 0 Å². The second kappa shape index (κ2) is 7.12. The summed E-state index contributed by atoms with van der Waals surface area (Å²) in [4.78, 5) is 1.30. The zero-order valence-electron chi connectivity index (χ0n) is 11.7.